The number of aliphatic hydroxyl groups excluding tert-OH is 1. The van der Waals surface area contributed by atoms with Gasteiger partial charge in [-0.3, -0.25) is 9.89 Å². The summed E-state index contributed by atoms with van der Waals surface area (Å²) >= 11 is 0. The van der Waals surface area contributed by atoms with Gasteiger partial charge in [0.05, 0.1) is 23.3 Å². The molecule has 0 aliphatic rings. The van der Waals surface area contributed by atoms with Gasteiger partial charge in [0.25, 0.3) is 5.91 Å². The maximum atomic E-state index is 12.6. The molecule has 1 amide bonds. The smallest absolute Gasteiger partial charge is 0.257 e. The first-order chi connectivity index (χ1) is 14.2. The average molecular weight is 432 g/mol. The number of amides is 1. The molecular formula is C19H20N4O6S. The lowest BCUT2D eigenvalue weighted by Crippen LogP contribution is -2.18. The number of sulfone groups is 1. The van der Waals surface area contributed by atoms with Gasteiger partial charge in [-0.1, -0.05) is 0 Å². The Morgan fingerprint density at radius 3 is 2.50 bits per heavy atom. The van der Waals surface area contributed by atoms with Crippen molar-refractivity contribution in [3.05, 3.63) is 54.2 Å². The van der Waals surface area contributed by atoms with Crippen LogP contribution in [0.3, 0.4) is 0 Å². The summed E-state index contributed by atoms with van der Waals surface area (Å²) in [6, 6.07) is 10.2. The molecule has 3 N–H and O–H groups in total. The zero-order valence-electron chi connectivity index (χ0n) is 16.2. The van der Waals surface area contributed by atoms with Crippen LogP contribution in [0.4, 0.5) is 5.82 Å². The van der Waals surface area contributed by atoms with Crippen molar-refractivity contribution in [3.8, 4) is 17.5 Å². The third-order valence-electron chi connectivity index (χ3n) is 3.84. The molecule has 30 heavy (non-hydrogen) atoms. The zero-order chi connectivity index (χ0) is 21.7. The van der Waals surface area contributed by atoms with Crippen molar-refractivity contribution in [2.75, 3.05) is 18.2 Å². The highest BCUT2D eigenvalue weighted by Gasteiger charge is 2.15. The van der Waals surface area contributed by atoms with Crippen molar-refractivity contribution in [1.82, 2.24) is 15.2 Å². The van der Waals surface area contributed by atoms with Crippen LogP contribution in [-0.4, -0.2) is 53.6 Å². The second-order valence-electron chi connectivity index (χ2n) is 6.41. The SMILES string of the molecule is C[C@H](CO)Oc1cc(C(=O)Nc2ccn[nH]2)cc(Oc2ccc(S(C)(=O)=O)cc2)n1. The van der Waals surface area contributed by atoms with Crippen molar-refractivity contribution < 1.29 is 27.8 Å². The van der Waals surface area contributed by atoms with Crippen LogP contribution in [0.1, 0.15) is 17.3 Å². The van der Waals surface area contributed by atoms with Crippen LogP contribution in [0.25, 0.3) is 0 Å². The molecule has 0 saturated heterocycles. The van der Waals surface area contributed by atoms with Crippen LogP contribution in [-0.2, 0) is 9.84 Å². The molecule has 0 radical (unpaired) electrons. The van der Waals surface area contributed by atoms with Gasteiger partial charge in [-0.15, -0.1) is 0 Å². The van der Waals surface area contributed by atoms with E-state index in [1.54, 1.807) is 13.0 Å². The minimum atomic E-state index is -3.33. The van der Waals surface area contributed by atoms with Gasteiger partial charge in [0, 0.05) is 24.5 Å². The summed E-state index contributed by atoms with van der Waals surface area (Å²) in [7, 11) is -3.33. The van der Waals surface area contributed by atoms with E-state index < -0.39 is 21.8 Å². The summed E-state index contributed by atoms with van der Waals surface area (Å²) in [6.45, 7) is 1.40. The minimum Gasteiger partial charge on any atom is -0.472 e. The second kappa shape index (κ2) is 8.93. The maximum Gasteiger partial charge on any atom is 0.257 e. The molecule has 0 aliphatic heterocycles. The largest absolute Gasteiger partial charge is 0.472 e. The normalized spacial score (nSPS) is 12.2. The average Bonchev–Trinajstić information content (AvgIpc) is 3.20. The first-order valence-corrected chi connectivity index (χ1v) is 10.7. The number of hydrogen-bond acceptors (Lipinski definition) is 8. The number of H-pyrrole nitrogens is 1. The highest BCUT2D eigenvalue weighted by atomic mass is 32.2. The number of nitrogens with one attached hydrogen (secondary N) is 2. The molecule has 1 atom stereocenters. The van der Waals surface area contributed by atoms with Crippen molar-refractivity contribution in [3.63, 3.8) is 0 Å². The van der Waals surface area contributed by atoms with Gasteiger partial charge in [-0.2, -0.15) is 10.1 Å². The Balaban J connectivity index is 1.88. The minimum absolute atomic E-state index is 0.0551. The molecule has 10 nitrogen and oxygen atoms in total. The van der Waals surface area contributed by atoms with Gasteiger partial charge in [0.15, 0.2) is 9.84 Å². The highest BCUT2D eigenvalue weighted by Crippen LogP contribution is 2.26. The molecule has 1 aromatic carbocycles. The van der Waals surface area contributed by atoms with Crippen molar-refractivity contribution >= 4 is 21.6 Å². The van der Waals surface area contributed by atoms with E-state index in [9.17, 15) is 18.3 Å². The molecule has 3 aromatic rings. The fraction of sp³-hybridized carbons (Fsp3) is 0.211. The van der Waals surface area contributed by atoms with E-state index >= 15 is 0 Å². The predicted molar refractivity (Wildman–Crippen MR) is 108 cm³/mol. The molecule has 11 heteroatoms. The number of anilines is 1. The Kier molecular flexibility index (Phi) is 6.33. The summed E-state index contributed by atoms with van der Waals surface area (Å²) in [5, 5.41) is 18.2. The fourth-order valence-electron chi connectivity index (χ4n) is 2.36. The molecule has 0 fully saturated rings. The lowest BCUT2D eigenvalue weighted by molar-refractivity contribution is 0.102. The number of pyridine rings is 1. The summed E-state index contributed by atoms with van der Waals surface area (Å²) in [4.78, 5) is 16.9. The number of carbonyl (C=O) groups is 1. The van der Waals surface area contributed by atoms with E-state index in [-0.39, 0.29) is 28.8 Å². The van der Waals surface area contributed by atoms with E-state index in [1.807, 2.05) is 0 Å². The van der Waals surface area contributed by atoms with Crippen molar-refractivity contribution in [1.29, 1.82) is 0 Å². The Morgan fingerprint density at radius 1 is 1.20 bits per heavy atom. The quantitative estimate of drug-likeness (QED) is 0.490. The molecule has 158 valence electrons. The second-order valence-corrected chi connectivity index (χ2v) is 8.43. The summed E-state index contributed by atoms with van der Waals surface area (Å²) < 4.78 is 34.4. The molecule has 0 spiro atoms. The van der Waals surface area contributed by atoms with E-state index in [2.05, 4.69) is 20.5 Å². The van der Waals surface area contributed by atoms with Gasteiger partial charge < -0.3 is 19.9 Å². The number of ether oxygens (including phenoxy) is 2. The van der Waals surface area contributed by atoms with Crippen LogP contribution in [0.15, 0.2) is 53.6 Å². The molecular weight excluding hydrogens is 412 g/mol. The number of aromatic amines is 1. The van der Waals surface area contributed by atoms with Gasteiger partial charge in [-0.05, 0) is 31.2 Å². The van der Waals surface area contributed by atoms with Crippen LogP contribution in [0.2, 0.25) is 0 Å². The Bertz CT molecular complexity index is 1110. The first-order valence-electron chi connectivity index (χ1n) is 8.83. The lowest BCUT2D eigenvalue weighted by Gasteiger charge is -2.14. The van der Waals surface area contributed by atoms with E-state index in [4.69, 9.17) is 9.47 Å². The lowest BCUT2D eigenvalue weighted by atomic mass is 10.2. The van der Waals surface area contributed by atoms with E-state index in [0.717, 1.165) is 6.26 Å². The summed E-state index contributed by atoms with van der Waals surface area (Å²) in [5.74, 6) is 0.403. The van der Waals surface area contributed by atoms with Gasteiger partial charge in [-0.25, -0.2) is 8.42 Å². The van der Waals surface area contributed by atoms with Crippen molar-refractivity contribution in [2.24, 2.45) is 0 Å². The molecule has 0 unspecified atom stereocenters. The number of aromatic nitrogens is 3. The Morgan fingerprint density at radius 2 is 1.90 bits per heavy atom. The van der Waals surface area contributed by atoms with Gasteiger partial charge in [0.2, 0.25) is 11.8 Å². The molecule has 2 aromatic heterocycles. The van der Waals surface area contributed by atoms with Gasteiger partial charge in [0.1, 0.15) is 17.7 Å². The van der Waals surface area contributed by atoms with Gasteiger partial charge >= 0.3 is 0 Å². The fourth-order valence-corrected chi connectivity index (χ4v) is 2.99. The maximum absolute atomic E-state index is 12.6. The number of aliphatic hydroxyl groups is 1. The number of nitrogens with zero attached hydrogens (tertiary/aromatic N) is 2. The predicted octanol–water partition coefficient (Wildman–Crippen LogP) is 2.01. The number of benzene rings is 1. The third kappa shape index (κ3) is 5.55. The topological polar surface area (TPSA) is 144 Å². The van der Waals surface area contributed by atoms with Crippen LogP contribution in [0.5, 0.6) is 17.5 Å². The number of hydrogen-bond donors (Lipinski definition) is 3. The van der Waals surface area contributed by atoms with E-state index in [1.165, 1.54) is 42.6 Å². The number of carbonyl (C=O) groups excluding carboxylic acids is 1. The highest BCUT2D eigenvalue weighted by molar-refractivity contribution is 7.90. The Hall–Kier alpha value is -3.44. The zero-order valence-corrected chi connectivity index (χ0v) is 17.0. The first kappa shape index (κ1) is 21.3. The molecule has 2 heterocycles. The summed E-state index contributed by atoms with van der Waals surface area (Å²) in [6.07, 6.45) is 2.05. The molecule has 0 bridgehead atoms. The summed E-state index contributed by atoms with van der Waals surface area (Å²) in [5.41, 5.74) is 0.197. The molecule has 0 saturated carbocycles. The van der Waals surface area contributed by atoms with E-state index in [0.29, 0.717) is 11.6 Å². The molecule has 0 aliphatic carbocycles. The monoisotopic (exact) mass is 432 g/mol. The van der Waals surface area contributed by atoms with Crippen LogP contribution < -0.4 is 14.8 Å². The van der Waals surface area contributed by atoms with Crippen LogP contribution in [0, 0.1) is 0 Å². The number of rotatable bonds is 8. The molecule has 3 rings (SSSR count). The Labute approximate surface area is 172 Å². The standard InChI is InChI=1S/C19H20N4O6S/c1-12(11-24)28-17-9-13(19(25)21-16-7-8-20-23-16)10-18(22-17)29-14-3-5-15(6-4-14)30(2,26)27/h3-10,12,24H,11H2,1-2H3,(H2,20,21,23,25)/t12-/m1/s1. The van der Waals surface area contributed by atoms with Crippen molar-refractivity contribution in [2.45, 2.75) is 17.9 Å². The van der Waals surface area contributed by atoms with Crippen LogP contribution >= 0.6 is 0 Å². The third-order valence-corrected chi connectivity index (χ3v) is 4.97.